The van der Waals surface area contributed by atoms with Gasteiger partial charge in [-0.2, -0.15) is 5.26 Å². The average molecular weight is 339 g/mol. The van der Waals surface area contributed by atoms with Crippen LogP contribution in [0.5, 0.6) is 5.75 Å². The summed E-state index contributed by atoms with van der Waals surface area (Å²) in [6, 6.07) is 13.1. The van der Waals surface area contributed by atoms with Crippen LogP contribution in [0.15, 0.2) is 42.6 Å². The number of hydrogen-bond donors (Lipinski definition) is 1. The Labute approximate surface area is 147 Å². The maximum atomic E-state index is 12.7. The van der Waals surface area contributed by atoms with Crippen LogP contribution < -0.4 is 4.74 Å². The fraction of sp³-hybridized carbons (Fsp3) is 0.368. The highest BCUT2D eigenvalue weighted by Crippen LogP contribution is 2.23. The zero-order valence-corrected chi connectivity index (χ0v) is 14.4. The second-order valence-electron chi connectivity index (χ2n) is 6.72. The highest BCUT2D eigenvalue weighted by Gasteiger charge is 2.36. The lowest BCUT2D eigenvalue weighted by molar-refractivity contribution is -0.136. The van der Waals surface area contributed by atoms with Gasteiger partial charge in [-0.15, -0.1) is 0 Å². The van der Waals surface area contributed by atoms with Crippen molar-refractivity contribution in [2.75, 3.05) is 19.7 Å². The minimum atomic E-state index is -0.465. The van der Waals surface area contributed by atoms with Crippen LogP contribution in [0, 0.1) is 11.3 Å². The molecule has 2 aromatic rings. The fourth-order valence-corrected chi connectivity index (χ4v) is 3.01. The van der Waals surface area contributed by atoms with E-state index >= 15 is 0 Å². The SMILES string of the molecule is CC1(C)CN(C(=O)c2c[nH]c(C#N)c2)CC(COc2ccccc2)O1. The molecule has 1 N–H and O–H groups in total. The Morgan fingerprint density at radius 1 is 1.44 bits per heavy atom. The van der Waals surface area contributed by atoms with Gasteiger partial charge in [-0.1, -0.05) is 18.2 Å². The van der Waals surface area contributed by atoms with Crippen molar-refractivity contribution < 1.29 is 14.3 Å². The summed E-state index contributed by atoms with van der Waals surface area (Å²) in [5.41, 5.74) is 0.393. The number of aromatic nitrogens is 1. The molecule has 25 heavy (non-hydrogen) atoms. The van der Waals surface area contributed by atoms with Crippen molar-refractivity contribution in [3.05, 3.63) is 53.9 Å². The Morgan fingerprint density at radius 3 is 2.88 bits per heavy atom. The van der Waals surface area contributed by atoms with E-state index in [1.54, 1.807) is 17.2 Å². The van der Waals surface area contributed by atoms with E-state index in [0.29, 0.717) is 31.0 Å². The Kier molecular flexibility index (Phi) is 4.77. The Morgan fingerprint density at radius 2 is 2.20 bits per heavy atom. The van der Waals surface area contributed by atoms with Crippen molar-refractivity contribution in [3.8, 4) is 11.8 Å². The van der Waals surface area contributed by atoms with Crippen LogP contribution in [0.25, 0.3) is 0 Å². The van der Waals surface area contributed by atoms with Crippen molar-refractivity contribution in [2.24, 2.45) is 0 Å². The first-order valence-electron chi connectivity index (χ1n) is 8.20. The molecule has 0 aliphatic carbocycles. The molecule has 0 radical (unpaired) electrons. The molecule has 0 bridgehead atoms. The van der Waals surface area contributed by atoms with E-state index in [9.17, 15) is 4.79 Å². The largest absolute Gasteiger partial charge is 0.491 e. The van der Waals surface area contributed by atoms with Crippen molar-refractivity contribution >= 4 is 5.91 Å². The number of carbonyl (C=O) groups excluding carboxylic acids is 1. The summed E-state index contributed by atoms with van der Waals surface area (Å²) in [6.07, 6.45) is 1.35. The van der Waals surface area contributed by atoms with Crippen LogP contribution in [0.4, 0.5) is 0 Å². The summed E-state index contributed by atoms with van der Waals surface area (Å²) in [5.74, 6) is 0.662. The molecular weight excluding hydrogens is 318 g/mol. The maximum absolute atomic E-state index is 12.7. The van der Waals surface area contributed by atoms with Crippen LogP contribution >= 0.6 is 0 Å². The first kappa shape index (κ1) is 17.1. The van der Waals surface area contributed by atoms with Gasteiger partial charge in [0.05, 0.1) is 17.7 Å². The summed E-state index contributed by atoms with van der Waals surface area (Å²) < 4.78 is 11.8. The number of amides is 1. The molecule has 1 aromatic carbocycles. The van der Waals surface area contributed by atoms with Crippen molar-refractivity contribution in [1.29, 1.82) is 5.26 Å². The summed E-state index contributed by atoms with van der Waals surface area (Å²) in [7, 11) is 0. The standard InChI is InChI=1S/C19H21N3O3/c1-19(2)13-22(18(23)14-8-15(9-20)21-10-14)11-17(25-19)12-24-16-6-4-3-5-7-16/h3-8,10,17,21H,11-13H2,1-2H3. The molecule has 1 aliphatic rings. The van der Waals surface area contributed by atoms with Gasteiger partial charge in [-0.25, -0.2) is 0 Å². The van der Waals surface area contributed by atoms with E-state index < -0.39 is 5.60 Å². The molecule has 2 heterocycles. The smallest absolute Gasteiger partial charge is 0.255 e. The zero-order chi connectivity index (χ0) is 17.9. The number of benzene rings is 1. The summed E-state index contributed by atoms with van der Waals surface area (Å²) in [5, 5.41) is 8.90. The second-order valence-corrected chi connectivity index (χ2v) is 6.72. The molecule has 1 saturated heterocycles. The Balaban J connectivity index is 1.68. The minimum Gasteiger partial charge on any atom is -0.491 e. The molecule has 6 heteroatoms. The van der Waals surface area contributed by atoms with E-state index in [4.69, 9.17) is 14.7 Å². The van der Waals surface area contributed by atoms with Gasteiger partial charge in [-0.05, 0) is 32.0 Å². The third-order valence-electron chi connectivity index (χ3n) is 4.00. The number of nitriles is 1. The molecule has 1 atom stereocenters. The van der Waals surface area contributed by atoms with E-state index in [-0.39, 0.29) is 12.0 Å². The number of morpholine rings is 1. The predicted molar refractivity (Wildman–Crippen MR) is 92.3 cm³/mol. The van der Waals surface area contributed by atoms with Crippen LogP contribution in [-0.4, -0.2) is 47.2 Å². The average Bonchev–Trinajstić information content (AvgIpc) is 3.08. The van der Waals surface area contributed by atoms with Crippen LogP contribution in [0.1, 0.15) is 29.9 Å². The van der Waals surface area contributed by atoms with Gasteiger partial charge in [0, 0.05) is 12.7 Å². The lowest BCUT2D eigenvalue weighted by atomic mass is 10.0. The monoisotopic (exact) mass is 339 g/mol. The van der Waals surface area contributed by atoms with Crippen LogP contribution in [-0.2, 0) is 4.74 Å². The van der Waals surface area contributed by atoms with Gasteiger partial charge in [0.1, 0.15) is 30.2 Å². The van der Waals surface area contributed by atoms with Crippen molar-refractivity contribution in [2.45, 2.75) is 25.6 Å². The molecule has 1 aromatic heterocycles. The van der Waals surface area contributed by atoms with Gasteiger partial charge >= 0.3 is 0 Å². The van der Waals surface area contributed by atoms with Crippen molar-refractivity contribution in [3.63, 3.8) is 0 Å². The Bertz CT molecular complexity index is 777. The van der Waals surface area contributed by atoms with Gasteiger partial charge < -0.3 is 19.4 Å². The lowest BCUT2D eigenvalue weighted by Crippen LogP contribution is -2.56. The number of ether oxygens (including phenoxy) is 2. The topological polar surface area (TPSA) is 78.4 Å². The van der Waals surface area contributed by atoms with Crippen molar-refractivity contribution in [1.82, 2.24) is 9.88 Å². The molecule has 0 saturated carbocycles. The number of para-hydroxylation sites is 1. The lowest BCUT2D eigenvalue weighted by Gasteiger charge is -2.42. The highest BCUT2D eigenvalue weighted by atomic mass is 16.5. The Hall–Kier alpha value is -2.78. The summed E-state index contributed by atoms with van der Waals surface area (Å²) in [6.45, 7) is 5.22. The third kappa shape index (κ3) is 4.20. The van der Waals surface area contributed by atoms with Crippen LogP contribution in [0.3, 0.4) is 0 Å². The van der Waals surface area contributed by atoms with Gasteiger partial charge in [0.15, 0.2) is 0 Å². The molecule has 1 aliphatic heterocycles. The normalized spacial score (nSPS) is 19.2. The number of H-pyrrole nitrogens is 1. The molecule has 1 fully saturated rings. The number of nitrogens with zero attached hydrogens (tertiary/aromatic N) is 2. The van der Waals surface area contributed by atoms with E-state index in [2.05, 4.69) is 4.98 Å². The molecule has 1 unspecified atom stereocenters. The molecular formula is C19H21N3O3. The van der Waals surface area contributed by atoms with E-state index in [1.807, 2.05) is 50.2 Å². The molecule has 6 nitrogen and oxygen atoms in total. The molecule has 130 valence electrons. The minimum absolute atomic E-state index is 0.112. The number of carbonyl (C=O) groups is 1. The van der Waals surface area contributed by atoms with Gasteiger partial charge in [0.25, 0.3) is 5.91 Å². The number of aromatic amines is 1. The number of hydrogen-bond acceptors (Lipinski definition) is 4. The zero-order valence-electron chi connectivity index (χ0n) is 14.4. The highest BCUT2D eigenvalue weighted by molar-refractivity contribution is 5.94. The second kappa shape index (κ2) is 6.99. The van der Waals surface area contributed by atoms with E-state index in [1.165, 1.54) is 0 Å². The fourth-order valence-electron chi connectivity index (χ4n) is 3.01. The molecule has 0 spiro atoms. The third-order valence-corrected chi connectivity index (χ3v) is 4.00. The van der Waals surface area contributed by atoms with Gasteiger partial charge in [-0.3, -0.25) is 4.79 Å². The molecule has 1 amide bonds. The summed E-state index contributed by atoms with van der Waals surface area (Å²) in [4.78, 5) is 17.3. The van der Waals surface area contributed by atoms with Crippen LogP contribution in [0.2, 0.25) is 0 Å². The van der Waals surface area contributed by atoms with Gasteiger partial charge in [0.2, 0.25) is 0 Å². The first-order chi connectivity index (χ1) is 12.0. The molecule has 3 rings (SSSR count). The predicted octanol–water partition coefficient (Wildman–Crippen LogP) is 2.58. The maximum Gasteiger partial charge on any atom is 0.255 e. The number of nitrogens with one attached hydrogen (secondary N) is 1. The van der Waals surface area contributed by atoms with E-state index in [0.717, 1.165) is 5.75 Å². The first-order valence-corrected chi connectivity index (χ1v) is 8.20. The number of rotatable bonds is 4. The quantitative estimate of drug-likeness (QED) is 0.929. The summed E-state index contributed by atoms with van der Waals surface area (Å²) >= 11 is 0.